The van der Waals surface area contributed by atoms with Gasteiger partial charge in [-0.1, -0.05) is 11.6 Å². The van der Waals surface area contributed by atoms with E-state index in [9.17, 15) is 14.7 Å². The van der Waals surface area contributed by atoms with Crippen molar-refractivity contribution in [1.29, 1.82) is 0 Å². The van der Waals surface area contributed by atoms with Crippen molar-refractivity contribution >= 4 is 23.4 Å². The van der Waals surface area contributed by atoms with Gasteiger partial charge in [0.2, 0.25) is 5.91 Å². The summed E-state index contributed by atoms with van der Waals surface area (Å²) >= 11 is 5.87. The Bertz CT molecular complexity index is 607. The van der Waals surface area contributed by atoms with Gasteiger partial charge in [-0.05, 0) is 18.9 Å². The average Bonchev–Trinajstić information content (AvgIpc) is 3.09. The number of carbonyl (C=O) groups is 2. The van der Waals surface area contributed by atoms with E-state index in [1.807, 2.05) is 0 Å². The maximum atomic E-state index is 12.3. The Labute approximate surface area is 151 Å². The van der Waals surface area contributed by atoms with Crippen LogP contribution in [-0.4, -0.2) is 65.1 Å². The molecule has 3 atom stereocenters. The Morgan fingerprint density at radius 1 is 1.40 bits per heavy atom. The van der Waals surface area contributed by atoms with Gasteiger partial charge in [0.1, 0.15) is 5.69 Å². The van der Waals surface area contributed by atoms with E-state index in [0.29, 0.717) is 36.7 Å². The quantitative estimate of drug-likeness (QED) is 0.466. The molecule has 0 radical (unpaired) electrons. The third-order valence-electron chi connectivity index (χ3n) is 4.20. The minimum atomic E-state index is -0.777. The van der Waals surface area contributed by atoms with Crippen LogP contribution >= 0.6 is 11.6 Å². The molecule has 0 aliphatic heterocycles. The number of halogens is 1. The topological polar surface area (TPSA) is 113 Å². The Kier molecular flexibility index (Phi) is 7.24. The lowest BCUT2D eigenvalue weighted by Gasteiger charge is -2.16. The summed E-state index contributed by atoms with van der Waals surface area (Å²) in [6.45, 7) is 0.825. The summed E-state index contributed by atoms with van der Waals surface area (Å²) in [7, 11) is 1.71. The first-order valence-electron chi connectivity index (χ1n) is 8.19. The second-order valence-corrected chi connectivity index (χ2v) is 6.53. The summed E-state index contributed by atoms with van der Waals surface area (Å²) in [6.07, 6.45) is 1.51. The van der Waals surface area contributed by atoms with Crippen LogP contribution < -0.4 is 10.6 Å². The first-order valence-corrected chi connectivity index (χ1v) is 8.57. The van der Waals surface area contributed by atoms with Crippen molar-refractivity contribution in [1.82, 2.24) is 15.2 Å². The van der Waals surface area contributed by atoms with Crippen molar-refractivity contribution in [2.24, 2.45) is 13.0 Å². The predicted molar refractivity (Wildman–Crippen MR) is 91.3 cm³/mol. The van der Waals surface area contributed by atoms with Gasteiger partial charge in [0.25, 0.3) is 5.91 Å². The van der Waals surface area contributed by atoms with Crippen LogP contribution in [0.15, 0.2) is 12.3 Å². The van der Waals surface area contributed by atoms with Crippen LogP contribution in [0.4, 0.5) is 0 Å². The van der Waals surface area contributed by atoms with Gasteiger partial charge >= 0.3 is 0 Å². The maximum Gasteiger partial charge on any atom is 0.268 e. The van der Waals surface area contributed by atoms with Crippen LogP contribution in [0.5, 0.6) is 0 Å². The van der Waals surface area contributed by atoms with Gasteiger partial charge in [-0.15, -0.1) is 0 Å². The molecule has 0 bridgehead atoms. The molecule has 9 heteroatoms. The zero-order valence-electron chi connectivity index (χ0n) is 14.1. The van der Waals surface area contributed by atoms with Crippen molar-refractivity contribution in [3.05, 3.63) is 23.0 Å². The largest absolute Gasteiger partial charge is 0.394 e. The first-order chi connectivity index (χ1) is 11.9. The smallest absolute Gasteiger partial charge is 0.268 e. The number of hydrogen-bond donors (Lipinski definition) is 4. The number of hydrogen-bond acceptors (Lipinski definition) is 5. The lowest BCUT2D eigenvalue weighted by molar-refractivity contribution is -0.125. The van der Waals surface area contributed by atoms with Crippen LogP contribution in [0.2, 0.25) is 5.02 Å². The zero-order chi connectivity index (χ0) is 18.4. The van der Waals surface area contributed by atoms with Crippen LogP contribution in [0, 0.1) is 5.92 Å². The summed E-state index contributed by atoms with van der Waals surface area (Å²) < 4.78 is 6.68. The van der Waals surface area contributed by atoms with Crippen LogP contribution in [0.3, 0.4) is 0 Å². The lowest BCUT2D eigenvalue weighted by atomic mass is 10.1. The number of nitrogens with zero attached hydrogens (tertiary/aromatic N) is 1. The molecule has 1 saturated carbocycles. The molecule has 1 heterocycles. The molecule has 1 aliphatic carbocycles. The Morgan fingerprint density at radius 3 is 2.80 bits per heavy atom. The first kappa shape index (κ1) is 19.7. The number of aliphatic hydroxyl groups excluding tert-OH is 2. The van der Waals surface area contributed by atoms with Crippen LogP contribution in [-0.2, 0) is 16.6 Å². The van der Waals surface area contributed by atoms with Gasteiger partial charge in [0.15, 0.2) is 0 Å². The van der Waals surface area contributed by atoms with Crippen LogP contribution in [0.25, 0.3) is 0 Å². The van der Waals surface area contributed by atoms with E-state index in [0.717, 1.165) is 0 Å². The normalized spacial score (nSPS) is 22.8. The van der Waals surface area contributed by atoms with Gasteiger partial charge in [-0.25, -0.2) is 0 Å². The highest BCUT2D eigenvalue weighted by atomic mass is 35.5. The highest BCUT2D eigenvalue weighted by Gasteiger charge is 2.37. The summed E-state index contributed by atoms with van der Waals surface area (Å²) in [5.74, 6) is -0.877. The molecule has 1 aliphatic rings. The number of nitrogens with one attached hydrogen (secondary N) is 2. The Hall–Kier alpha value is -1.61. The number of aryl methyl sites for hydroxylation is 1. The number of aliphatic hydroxyl groups is 2. The highest BCUT2D eigenvalue weighted by molar-refractivity contribution is 6.31. The van der Waals surface area contributed by atoms with Gasteiger partial charge in [-0.3, -0.25) is 9.59 Å². The van der Waals surface area contributed by atoms with Crippen molar-refractivity contribution in [3.63, 3.8) is 0 Å². The van der Waals surface area contributed by atoms with Crippen molar-refractivity contribution in [3.8, 4) is 0 Å². The summed E-state index contributed by atoms with van der Waals surface area (Å²) in [5.41, 5.74) is 0.395. The number of amides is 2. The molecule has 1 fully saturated rings. The molecule has 0 aromatic carbocycles. The monoisotopic (exact) mass is 373 g/mol. The number of aromatic nitrogens is 1. The van der Waals surface area contributed by atoms with E-state index in [1.165, 1.54) is 0 Å². The second kappa shape index (κ2) is 9.19. The predicted octanol–water partition coefficient (Wildman–Crippen LogP) is -0.327. The molecule has 1 aromatic rings. The van der Waals surface area contributed by atoms with Gasteiger partial charge in [0, 0.05) is 25.7 Å². The van der Waals surface area contributed by atoms with E-state index in [2.05, 4.69) is 10.6 Å². The average molecular weight is 374 g/mol. The fraction of sp³-hybridized carbons (Fsp3) is 0.625. The summed E-state index contributed by atoms with van der Waals surface area (Å²) in [5, 5.41) is 24.7. The van der Waals surface area contributed by atoms with Crippen molar-refractivity contribution < 1.29 is 24.5 Å². The molecule has 2 amide bonds. The number of rotatable bonds is 8. The fourth-order valence-electron chi connectivity index (χ4n) is 2.93. The lowest BCUT2D eigenvalue weighted by Crippen LogP contribution is -2.40. The SMILES string of the molecule is Cn1cc(Cl)cc1C(=O)N[C@@H]1C[C@H](C(=O)NCCOCCO)C[C@H]1O. The third kappa shape index (κ3) is 5.43. The Balaban J connectivity index is 1.81. The minimum Gasteiger partial charge on any atom is -0.394 e. The van der Waals surface area contributed by atoms with E-state index < -0.39 is 12.1 Å². The summed E-state index contributed by atoms with van der Waals surface area (Å²) in [6, 6.07) is 1.07. The fourth-order valence-corrected chi connectivity index (χ4v) is 3.18. The van der Waals surface area contributed by atoms with Gasteiger partial charge in [0.05, 0.1) is 37.0 Å². The van der Waals surface area contributed by atoms with E-state index in [-0.39, 0.29) is 30.9 Å². The van der Waals surface area contributed by atoms with E-state index in [4.69, 9.17) is 21.4 Å². The maximum absolute atomic E-state index is 12.3. The summed E-state index contributed by atoms with van der Waals surface area (Å²) in [4.78, 5) is 24.4. The van der Waals surface area contributed by atoms with Crippen molar-refractivity contribution in [2.45, 2.75) is 25.0 Å². The second-order valence-electron chi connectivity index (χ2n) is 6.10. The molecule has 4 N–H and O–H groups in total. The molecular formula is C16H24ClN3O5. The molecular weight excluding hydrogens is 350 g/mol. The third-order valence-corrected chi connectivity index (χ3v) is 4.41. The number of ether oxygens (including phenoxy) is 1. The van der Waals surface area contributed by atoms with Gasteiger partial charge < -0.3 is 30.2 Å². The minimum absolute atomic E-state index is 0.0590. The van der Waals surface area contributed by atoms with Gasteiger partial charge in [-0.2, -0.15) is 0 Å². The zero-order valence-corrected chi connectivity index (χ0v) is 14.8. The molecule has 140 valence electrons. The molecule has 0 unspecified atom stereocenters. The van der Waals surface area contributed by atoms with Crippen molar-refractivity contribution in [2.75, 3.05) is 26.4 Å². The molecule has 25 heavy (non-hydrogen) atoms. The molecule has 8 nitrogen and oxygen atoms in total. The molecule has 0 saturated heterocycles. The van der Waals surface area contributed by atoms with Crippen LogP contribution in [0.1, 0.15) is 23.3 Å². The van der Waals surface area contributed by atoms with E-state index in [1.54, 1.807) is 23.9 Å². The highest BCUT2D eigenvalue weighted by Crippen LogP contribution is 2.26. The Morgan fingerprint density at radius 2 is 2.16 bits per heavy atom. The van der Waals surface area contributed by atoms with E-state index >= 15 is 0 Å². The molecule has 2 rings (SSSR count). The molecule has 0 spiro atoms. The standard InChI is InChI=1S/C16H24ClN3O5/c1-20-9-11(17)8-13(20)16(24)19-12-6-10(7-14(12)22)15(23)18-2-4-25-5-3-21/h8-10,12,14,21-22H,2-7H2,1H3,(H,18,23)(H,19,24)/t10-,12+,14+/m0/s1. The number of carbonyl (C=O) groups excluding carboxylic acids is 2. The molecule has 1 aromatic heterocycles.